The third-order valence-corrected chi connectivity index (χ3v) is 1.24. The van der Waals surface area contributed by atoms with Gasteiger partial charge in [0, 0.05) is 12.8 Å². The molecule has 0 saturated heterocycles. The molecular weight excluding hydrogens is 188 g/mol. The highest BCUT2D eigenvalue weighted by atomic mass is 16.3. The molecule has 0 saturated carbocycles. The molecule has 0 heterocycles. The SMILES string of the molecule is OCC#CC#CCCCC#CC#CCO. The van der Waals surface area contributed by atoms with Crippen LogP contribution in [0.5, 0.6) is 0 Å². The van der Waals surface area contributed by atoms with E-state index in [4.69, 9.17) is 10.2 Å². The van der Waals surface area contributed by atoms with Gasteiger partial charge >= 0.3 is 0 Å². The van der Waals surface area contributed by atoms with Crippen molar-refractivity contribution >= 4 is 0 Å². The van der Waals surface area contributed by atoms with Crippen LogP contribution in [0.3, 0.4) is 0 Å². The number of hydrogen-bond donors (Lipinski definition) is 2. The van der Waals surface area contributed by atoms with Gasteiger partial charge in [-0.1, -0.05) is 23.7 Å². The highest BCUT2D eigenvalue weighted by Gasteiger charge is 1.77. The van der Waals surface area contributed by atoms with Gasteiger partial charge in [0.25, 0.3) is 0 Å². The average Bonchev–Trinajstić information content (AvgIpc) is 2.26. The molecule has 0 rings (SSSR count). The molecule has 2 heteroatoms. The van der Waals surface area contributed by atoms with Crippen LogP contribution in [0.15, 0.2) is 0 Å². The second-order valence-corrected chi connectivity index (χ2v) is 2.38. The van der Waals surface area contributed by atoms with Crippen LogP contribution in [0.1, 0.15) is 19.3 Å². The van der Waals surface area contributed by atoms with E-state index in [1.54, 1.807) is 0 Å². The van der Waals surface area contributed by atoms with Crippen LogP contribution in [-0.2, 0) is 0 Å². The molecule has 0 unspecified atom stereocenters. The Hall–Kier alpha value is -1.84. The lowest BCUT2D eigenvalue weighted by molar-refractivity contribution is 0.350. The molecule has 0 bridgehead atoms. The summed E-state index contributed by atoms with van der Waals surface area (Å²) in [5, 5.41) is 16.6. The van der Waals surface area contributed by atoms with Gasteiger partial charge in [0.15, 0.2) is 0 Å². The van der Waals surface area contributed by atoms with Gasteiger partial charge in [-0.05, 0) is 30.1 Å². The zero-order valence-corrected chi connectivity index (χ0v) is 8.43. The van der Waals surface area contributed by atoms with E-state index >= 15 is 0 Å². The van der Waals surface area contributed by atoms with E-state index < -0.39 is 0 Å². The van der Waals surface area contributed by atoms with Crippen LogP contribution in [0.4, 0.5) is 0 Å². The Morgan fingerprint density at radius 2 is 1.00 bits per heavy atom. The largest absolute Gasteiger partial charge is 0.384 e. The summed E-state index contributed by atoms with van der Waals surface area (Å²) in [6.45, 7) is -0.298. The molecule has 0 aromatic heterocycles. The molecule has 0 fully saturated rings. The summed E-state index contributed by atoms with van der Waals surface area (Å²) in [4.78, 5) is 0. The van der Waals surface area contributed by atoms with Crippen LogP contribution in [0, 0.1) is 47.4 Å². The molecule has 0 amide bonds. The summed E-state index contributed by atoms with van der Waals surface area (Å²) >= 11 is 0. The Kier molecular flexibility index (Phi) is 10.7. The van der Waals surface area contributed by atoms with E-state index in [1.165, 1.54) is 0 Å². The van der Waals surface area contributed by atoms with E-state index in [0.29, 0.717) is 0 Å². The number of aliphatic hydroxyl groups excluding tert-OH is 2. The molecule has 76 valence electrons. The van der Waals surface area contributed by atoms with Gasteiger partial charge in [-0.15, -0.1) is 0 Å². The Labute approximate surface area is 90.7 Å². The van der Waals surface area contributed by atoms with Crippen molar-refractivity contribution in [2.24, 2.45) is 0 Å². The predicted octanol–water partition coefficient (Wildman–Crippen LogP) is 0.155. The average molecular weight is 200 g/mol. The molecule has 2 N–H and O–H groups in total. The van der Waals surface area contributed by atoms with E-state index in [0.717, 1.165) is 19.3 Å². The van der Waals surface area contributed by atoms with Crippen LogP contribution < -0.4 is 0 Å². The quantitative estimate of drug-likeness (QED) is 0.492. The maximum Gasteiger partial charge on any atom is 0.105 e. The summed E-state index contributed by atoms with van der Waals surface area (Å²) in [7, 11) is 0. The number of aliphatic hydroxyl groups is 2. The fourth-order valence-corrected chi connectivity index (χ4v) is 0.646. The first-order valence-electron chi connectivity index (χ1n) is 4.55. The number of rotatable bonds is 2. The van der Waals surface area contributed by atoms with Gasteiger partial charge < -0.3 is 10.2 Å². The normalized spacial score (nSPS) is 6.53. The Balaban J connectivity index is 3.52. The van der Waals surface area contributed by atoms with Crippen molar-refractivity contribution in [2.75, 3.05) is 13.2 Å². The van der Waals surface area contributed by atoms with Gasteiger partial charge in [-0.2, -0.15) is 0 Å². The predicted molar refractivity (Wildman–Crippen MR) is 59.1 cm³/mol. The lowest BCUT2D eigenvalue weighted by Gasteiger charge is -1.81. The summed E-state index contributed by atoms with van der Waals surface area (Å²) < 4.78 is 0. The zero-order chi connectivity index (χ0) is 11.2. The number of hydrogen-bond acceptors (Lipinski definition) is 2. The van der Waals surface area contributed by atoms with Crippen molar-refractivity contribution in [1.29, 1.82) is 0 Å². The van der Waals surface area contributed by atoms with Crippen LogP contribution in [-0.4, -0.2) is 23.4 Å². The van der Waals surface area contributed by atoms with Crippen LogP contribution in [0.2, 0.25) is 0 Å². The summed E-state index contributed by atoms with van der Waals surface area (Å²) in [5.41, 5.74) is 0. The maximum atomic E-state index is 8.32. The lowest BCUT2D eigenvalue weighted by atomic mass is 10.2. The third-order valence-electron chi connectivity index (χ3n) is 1.24. The monoisotopic (exact) mass is 200 g/mol. The molecular formula is C13H12O2. The molecule has 0 spiro atoms. The Morgan fingerprint density at radius 3 is 1.40 bits per heavy atom. The molecule has 0 aromatic rings. The first-order chi connectivity index (χ1) is 7.41. The lowest BCUT2D eigenvalue weighted by Crippen LogP contribution is -1.72. The van der Waals surface area contributed by atoms with Gasteiger partial charge in [-0.25, -0.2) is 0 Å². The minimum absolute atomic E-state index is 0.149. The second kappa shape index (κ2) is 12.2. The zero-order valence-electron chi connectivity index (χ0n) is 8.43. The molecule has 15 heavy (non-hydrogen) atoms. The van der Waals surface area contributed by atoms with Gasteiger partial charge in [0.1, 0.15) is 13.2 Å². The van der Waals surface area contributed by atoms with E-state index in [2.05, 4.69) is 47.4 Å². The van der Waals surface area contributed by atoms with Crippen molar-refractivity contribution in [3.05, 3.63) is 0 Å². The molecule has 0 aromatic carbocycles. The van der Waals surface area contributed by atoms with Crippen molar-refractivity contribution in [2.45, 2.75) is 19.3 Å². The van der Waals surface area contributed by atoms with Crippen LogP contribution >= 0.6 is 0 Å². The summed E-state index contributed by atoms with van der Waals surface area (Å²) in [6, 6.07) is 0. The first-order valence-corrected chi connectivity index (χ1v) is 4.55. The smallest absolute Gasteiger partial charge is 0.105 e. The minimum Gasteiger partial charge on any atom is -0.384 e. The molecule has 0 aliphatic rings. The van der Waals surface area contributed by atoms with Gasteiger partial charge in [0.05, 0.1) is 0 Å². The van der Waals surface area contributed by atoms with Gasteiger partial charge in [-0.3, -0.25) is 0 Å². The van der Waals surface area contributed by atoms with E-state index in [9.17, 15) is 0 Å². The van der Waals surface area contributed by atoms with Crippen LogP contribution in [0.25, 0.3) is 0 Å². The summed E-state index contributed by atoms with van der Waals surface area (Å²) in [6.07, 6.45) is 2.35. The molecule has 0 aliphatic carbocycles. The van der Waals surface area contributed by atoms with Crippen molar-refractivity contribution in [3.8, 4) is 47.4 Å². The standard InChI is InChI=1S/C13H12O2/c14-12-10-8-6-4-2-1-3-5-7-9-11-13-15/h14-15H,1-3,12-13H2. The second-order valence-electron chi connectivity index (χ2n) is 2.38. The third kappa shape index (κ3) is 12.2. The summed E-state index contributed by atoms with van der Waals surface area (Å²) in [5.74, 6) is 20.8. The van der Waals surface area contributed by atoms with Gasteiger partial charge in [0.2, 0.25) is 0 Å². The first kappa shape index (κ1) is 13.2. The fourth-order valence-electron chi connectivity index (χ4n) is 0.646. The Morgan fingerprint density at radius 1 is 0.600 bits per heavy atom. The van der Waals surface area contributed by atoms with Crippen molar-refractivity contribution in [3.63, 3.8) is 0 Å². The fraction of sp³-hybridized carbons (Fsp3) is 0.385. The maximum absolute atomic E-state index is 8.32. The molecule has 0 aliphatic heterocycles. The molecule has 0 atom stereocenters. The van der Waals surface area contributed by atoms with Crippen molar-refractivity contribution < 1.29 is 10.2 Å². The molecule has 2 nitrogen and oxygen atoms in total. The highest BCUT2D eigenvalue weighted by Crippen LogP contribution is 1.90. The van der Waals surface area contributed by atoms with Crippen molar-refractivity contribution in [1.82, 2.24) is 0 Å². The topological polar surface area (TPSA) is 40.5 Å². The van der Waals surface area contributed by atoms with E-state index in [-0.39, 0.29) is 13.2 Å². The highest BCUT2D eigenvalue weighted by molar-refractivity contribution is 5.27. The Bertz CT molecular complexity index is 351. The molecule has 0 radical (unpaired) electrons. The minimum atomic E-state index is -0.149. The number of unbranched alkanes of at least 4 members (excludes halogenated alkanes) is 2. The van der Waals surface area contributed by atoms with E-state index in [1.807, 2.05) is 0 Å².